The first kappa shape index (κ1) is 16.0. The predicted molar refractivity (Wildman–Crippen MR) is 95.5 cm³/mol. The van der Waals surface area contributed by atoms with Gasteiger partial charge >= 0.3 is 0 Å². The zero-order chi connectivity index (χ0) is 18.1. The lowest BCUT2D eigenvalue weighted by Crippen LogP contribution is -2.00. The van der Waals surface area contributed by atoms with Gasteiger partial charge < -0.3 is 5.32 Å². The summed E-state index contributed by atoms with van der Waals surface area (Å²) in [7, 11) is 1.75. The summed E-state index contributed by atoms with van der Waals surface area (Å²) >= 11 is 0. The van der Waals surface area contributed by atoms with Gasteiger partial charge in [0.2, 0.25) is 0 Å². The van der Waals surface area contributed by atoms with Gasteiger partial charge in [0.25, 0.3) is 0 Å². The van der Waals surface area contributed by atoms with Crippen LogP contribution in [-0.2, 0) is 0 Å². The molecule has 1 N–H and O–H groups in total. The second kappa shape index (κ2) is 6.44. The highest BCUT2D eigenvalue weighted by atomic mass is 19.2. The quantitative estimate of drug-likeness (QED) is 0.604. The van der Waals surface area contributed by atoms with Gasteiger partial charge in [-0.05, 0) is 23.8 Å². The smallest absolute Gasteiger partial charge is 0.182 e. The minimum absolute atomic E-state index is 0.178. The van der Waals surface area contributed by atoms with Crippen molar-refractivity contribution in [2.24, 2.45) is 0 Å². The largest absolute Gasteiger partial charge is 0.373 e. The van der Waals surface area contributed by atoms with E-state index in [1.807, 2.05) is 0 Å². The Labute approximate surface area is 147 Å². The third kappa shape index (κ3) is 2.73. The summed E-state index contributed by atoms with van der Waals surface area (Å²) in [4.78, 5) is 17.2. The monoisotopic (exact) mass is 349 g/mol. The van der Waals surface area contributed by atoms with Crippen LogP contribution in [0, 0.1) is 11.6 Å². The maximum absolute atomic E-state index is 14.1. The lowest BCUT2D eigenvalue weighted by Gasteiger charge is -2.10. The number of rotatable bonds is 3. The van der Waals surface area contributed by atoms with Gasteiger partial charge in [-0.25, -0.2) is 23.7 Å². The molecule has 0 saturated heterocycles. The van der Waals surface area contributed by atoms with E-state index in [4.69, 9.17) is 0 Å². The number of fused-ring (bicyclic) bond motifs is 1. The topological polar surface area (TPSA) is 63.6 Å². The summed E-state index contributed by atoms with van der Waals surface area (Å²) in [5.41, 5.74) is 1.82. The van der Waals surface area contributed by atoms with Crippen LogP contribution in [0.25, 0.3) is 33.5 Å². The molecule has 0 bridgehead atoms. The van der Waals surface area contributed by atoms with Crippen LogP contribution in [0.15, 0.2) is 55.0 Å². The molecule has 26 heavy (non-hydrogen) atoms. The van der Waals surface area contributed by atoms with Crippen LogP contribution in [-0.4, -0.2) is 27.0 Å². The summed E-state index contributed by atoms with van der Waals surface area (Å²) in [5.74, 6) is -0.765. The van der Waals surface area contributed by atoms with Crippen LogP contribution in [0.2, 0.25) is 0 Å². The van der Waals surface area contributed by atoms with Gasteiger partial charge in [0.05, 0.1) is 11.7 Å². The maximum Gasteiger partial charge on any atom is 0.182 e. The zero-order valence-electron chi connectivity index (χ0n) is 13.7. The van der Waals surface area contributed by atoms with E-state index in [-0.39, 0.29) is 5.56 Å². The Balaban J connectivity index is 1.93. The number of benzene rings is 2. The van der Waals surface area contributed by atoms with Gasteiger partial charge in [0, 0.05) is 30.4 Å². The van der Waals surface area contributed by atoms with E-state index in [0.29, 0.717) is 28.4 Å². The van der Waals surface area contributed by atoms with Crippen molar-refractivity contribution in [1.29, 1.82) is 0 Å². The van der Waals surface area contributed by atoms with E-state index in [1.54, 1.807) is 43.8 Å². The molecule has 4 rings (SSSR count). The Morgan fingerprint density at radius 1 is 1.00 bits per heavy atom. The van der Waals surface area contributed by atoms with Crippen molar-refractivity contribution in [3.8, 4) is 22.6 Å². The number of hydrogen-bond acceptors (Lipinski definition) is 5. The molecule has 0 unspecified atom stereocenters. The average molecular weight is 349 g/mol. The van der Waals surface area contributed by atoms with Crippen molar-refractivity contribution < 1.29 is 8.78 Å². The van der Waals surface area contributed by atoms with Gasteiger partial charge in [0.15, 0.2) is 17.5 Å². The molecule has 2 heterocycles. The van der Waals surface area contributed by atoms with Crippen molar-refractivity contribution in [2.45, 2.75) is 0 Å². The lowest BCUT2D eigenvalue weighted by molar-refractivity contribution is 0.511. The Kier molecular flexibility index (Phi) is 3.96. The fraction of sp³-hybridized carbons (Fsp3) is 0.0526. The predicted octanol–water partition coefficient (Wildman–Crippen LogP) is 4.07. The summed E-state index contributed by atoms with van der Waals surface area (Å²) in [6, 6.07) is 9.29. The van der Waals surface area contributed by atoms with Crippen LogP contribution in [0.1, 0.15) is 0 Å². The number of nitrogens with zero attached hydrogens (tertiary/aromatic N) is 4. The molecule has 0 atom stereocenters. The Hall–Kier alpha value is -3.48. The maximum atomic E-state index is 14.1. The van der Waals surface area contributed by atoms with Gasteiger partial charge in [-0.1, -0.05) is 18.2 Å². The van der Waals surface area contributed by atoms with E-state index in [0.717, 1.165) is 11.5 Å². The van der Waals surface area contributed by atoms with Gasteiger partial charge in [-0.15, -0.1) is 0 Å². The molecule has 0 amide bonds. The second-order valence-electron chi connectivity index (χ2n) is 5.57. The summed E-state index contributed by atoms with van der Waals surface area (Å²) in [5, 5.41) is 3.79. The highest BCUT2D eigenvalue weighted by Crippen LogP contribution is 2.30. The molecule has 4 aromatic rings. The van der Waals surface area contributed by atoms with E-state index < -0.39 is 11.6 Å². The van der Waals surface area contributed by atoms with E-state index in [2.05, 4.69) is 25.3 Å². The summed E-state index contributed by atoms with van der Waals surface area (Å²) < 4.78 is 27.7. The highest BCUT2D eigenvalue weighted by Gasteiger charge is 2.13. The molecule has 0 aliphatic rings. The first-order chi connectivity index (χ1) is 12.7. The zero-order valence-corrected chi connectivity index (χ0v) is 13.7. The van der Waals surface area contributed by atoms with Crippen LogP contribution in [0.3, 0.4) is 0 Å². The van der Waals surface area contributed by atoms with Crippen molar-refractivity contribution in [2.75, 3.05) is 12.4 Å². The molecule has 0 saturated carbocycles. The number of halogens is 2. The normalized spacial score (nSPS) is 10.9. The Bertz CT molecular complexity index is 1100. The molecule has 128 valence electrons. The third-order valence-corrected chi connectivity index (χ3v) is 3.99. The second-order valence-corrected chi connectivity index (χ2v) is 5.57. The number of aromatic nitrogens is 4. The van der Waals surface area contributed by atoms with Crippen LogP contribution < -0.4 is 5.32 Å². The fourth-order valence-electron chi connectivity index (χ4n) is 2.74. The standard InChI is InChI=1S/C19H13F2N5/c1-22-18-13-6-5-11(12-3-2-4-14(20)17(12)21)9-15(13)25-19(26-18)16-10-23-7-8-24-16/h2-10H,1H3,(H,22,25,26). The van der Waals surface area contributed by atoms with E-state index in [1.165, 1.54) is 12.1 Å². The average Bonchev–Trinajstić information content (AvgIpc) is 2.69. The van der Waals surface area contributed by atoms with Crippen LogP contribution in [0.4, 0.5) is 14.6 Å². The van der Waals surface area contributed by atoms with Gasteiger partial charge in [-0.3, -0.25) is 4.98 Å². The SMILES string of the molecule is CNc1nc(-c2cnccn2)nc2cc(-c3cccc(F)c3F)ccc12. The van der Waals surface area contributed by atoms with Crippen molar-refractivity contribution in [1.82, 2.24) is 19.9 Å². The molecule has 0 fully saturated rings. The van der Waals surface area contributed by atoms with Crippen LogP contribution >= 0.6 is 0 Å². The molecule has 0 radical (unpaired) electrons. The summed E-state index contributed by atoms with van der Waals surface area (Å²) in [6.07, 6.45) is 4.69. The number of hydrogen-bond donors (Lipinski definition) is 1. The third-order valence-electron chi connectivity index (χ3n) is 3.99. The highest BCUT2D eigenvalue weighted by molar-refractivity contribution is 5.93. The Morgan fingerprint density at radius 3 is 2.65 bits per heavy atom. The Morgan fingerprint density at radius 2 is 1.88 bits per heavy atom. The molecular weight excluding hydrogens is 336 g/mol. The molecule has 5 nitrogen and oxygen atoms in total. The molecular formula is C19H13F2N5. The lowest BCUT2D eigenvalue weighted by atomic mass is 10.0. The minimum atomic E-state index is -0.888. The van der Waals surface area contributed by atoms with E-state index >= 15 is 0 Å². The molecule has 0 aliphatic carbocycles. The first-order valence-corrected chi connectivity index (χ1v) is 7.87. The van der Waals surface area contributed by atoms with Crippen molar-refractivity contribution in [3.63, 3.8) is 0 Å². The molecule has 2 aromatic heterocycles. The van der Waals surface area contributed by atoms with Gasteiger partial charge in [0.1, 0.15) is 11.5 Å². The minimum Gasteiger partial charge on any atom is -0.373 e. The van der Waals surface area contributed by atoms with E-state index in [9.17, 15) is 8.78 Å². The molecule has 0 spiro atoms. The van der Waals surface area contributed by atoms with Crippen LogP contribution in [0.5, 0.6) is 0 Å². The number of anilines is 1. The van der Waals surface area contributed by atoms with Gasteiger partial charge in [-0.2, -0.15) is 0 Å². The summed E-state index contributed by atoms with van der Waals surface area (Å²) in [6.45, 7) is 0. The van der Waals surface area contributed by atoms with Crippen molar-refractivity contribution in [3.05, 3.63) is 66.6 Å². The number of nitrogens with one attached hydrogen (secondary N) is 1. The molecule has 2 aromatic carbocycles. The van der Waals surface area contributed by atoms with Crippen molar-refractivity contribution >= 4 is 16.7 Å². The first-order valence-electron chi connectivity index (χ1n) is 7.87. The fourth-order valence-corrected chi connectivity index (χ4v) is 2.74. The molecule has 0 aliphatic heterocycles. The molecule has 7 heteroatoms.